The lowest BCUT2D eigenvalue weighted by Crippen LogP contribution is -2.41. The average Bonchev–Trinajstić information content (AvgIpc) is 3.24. The van der Waals surface area contributed by atoms with Crippen molar-refractivity contribution in [2.45, 2.75) is 45.1 Å². The van der Waals surface area contributed by atoms with Gasteiger partial charge in [0.2, 0.25) is 5.91 Å². The molecule has 1 aliphatic rings. The van der Waals surface area contributed by atoms with Crippen LogP contribution < -0.4 is 10.6 Å². The van der Waals surface area contributed by atoms with Crippen molar-refractivity contribution in [3.8, 4) is 0 Å². The van der Waals surface area contributed by atoms with Crippen LogP contribution in [0.3, 0.4) is 0 Å². The van der Waals surface area contributed by atoms with Gasteiger partial charge in [0.05, 0.1) is 6.54 Å². The maximum atomic E-state index is 11.9. The van der Waals surface area contributed by atoms with E-state index in [0.29, 0.717) is 6.54 Å². The third-order valence-electron chi connectivity index (χ3n) is 3.74. The number of hydrogen-bond acceptors (Lipinski definition) is 2. The van der Waals surface area contributed by atoms with Crippen molar-refractivity contribution in [2.75, 3.05) is 13.1 Å². The summed E-state index contributed by atoms with van der Waals surface area (Å²) in [5.74, 6) is 0.943. The van der Waals surface area contributed by atoms with Gasteiger partial charge in [-0.3, -0.25) is 4.79 Å². The summed E-state index contributed by atoms with van der Waals surface area (Å²) in [6.45, 7) is 3.60. The zero-order valence-corrected chi connectivity index (χ0v) is 13.6. The van der Waals surface area contributed by atoms with E-state index in [0.717, 1.165) is 31.7 Å². The van der Waals surface area contributed by atoms with E-state index in [9.17, 15) is 4.79 Å². The molecule has 1 fully saturated rings. The molecule has 2 rings (SSSR count). The van der Waals surface area contributed by atoms with Gasteiger partial charge in [-0.05, 0) is 43.7 Å². The molecule has 0 aromatic heterocycles. The van der Waals surface area contributed by atoms with Gasteiger partial charge in [0.15, 0.2) is 0 Å². The Balaban J connectivity index is 0.00000220. The van der Waals surface area contributed by atoms with Gasteiger partial charge in [0, 0.05) is 6.04 Å². The maximum Gasteiger partial charge on any atom is 0.234 e. The zero-order valence-electron chi connectivity index (χ0n) is 12.8. The van der Waals surface area contributed by atoms with Crippen LogP contribution in [-0.4, -0.2) is 25.0 Å². The normalized spacial score (nSPS) is 15.1. The van der Waals surface area contributed by atoms with Crippen molar-refractivity contribution in [1.29, 1.82) is 0 Å². The number of carbonyl (C=O) groups is 1. The fourth-order valence-electron chi connectivity index (χ4n) is 2.46. The Morgan fingerprint density at radius 2 is 2.00 bits per heavy atom. The van der Waals surface area contributed by atoms with Crippen LogP contribution in [-0.2, 0) is 11.2 Å². The second-order valence-corrected chi connectivity index (χ2v) is 5.82. The Labute approximate surface area is 134 Å². The molecule has 1 aliphatic carbocycles. The molecule has 1 aromatic carbocycles. The fourth-order valence-corrected chi connectivity index (χ4v) is 2.46. The summed E-state index contributed by atoms with van der Waals surface area (Å²) in [4.78, 5) is 11.9. The van der Waals surface area contributed by atoms with Crippen molar-refractivity contribution < 1.29 is 4.79 Å². The number of benzene rings is 1. The van der Waals surface area contributed by atoms with Crippen LogP contribution in [0.15, 0.2) is 30.3 Å². The molecule has 0 radical (unpaired) electrons. The van der Waals surface area contributed by atoms with Crippen LogP contribution in [0.4, 0.5) is 0 Å². The Morgan fingerprint density at radius 1 is 1.29 bits per heavy atom. The highest BCUT2D eigenvalue weighted by atomic mass is 35.5. The second kappa shape index (κ2) is 9.80. The van der Waals surface area contributed by atoms with Crippen molar-refractivity contribution in [1.82, 2.24) is 10.6 Å². The molecule has 4 heteroatoms. The third kappa shape index (κ3) is 7.49. The lowest BCUT2D eigenvalue weighted by Gasteiger charge is -2.18. The Kier molecular flexibility index (Phi) is 8.40. The number of amides is 1. The second-order valence-electron chi connectivity index (χ2n) is 5.82. The van der Waals surface area contributed by atoms with E-state index in [2.05, 4.69) is 41.8 Å². The minimum atomic E-state index is 0. The average molecular weight is 311 g/mol. The van der Waals surface area contributed by atoms with Gasteiger partial charge < -0.3 is 10.6 Å². The molecule has 0 bridgehead atoms. The van der Waals surface area contributed by atoms with Crippen LogP contribution in [0.25, 0.3) is 0 Å². The third-order valence-corrected chi connectivity index (χ3v) is 3.74. The smallest absolute Gasteiger partial charge is 0.234 e. The standard InChI is InChI=1S/C17H26N2O.ClH/c1-2-6-16(11-14-7-4-3-5-8-14)19-17(20)13-18-12-15-9-10-15;/h3-5,7-8,15-16,18H,2,6,9-13H2,1H3,(H,19,20);1H. The first-order valence-corrected chi connectivity index (χ1v) is 7.82. The summed E-state index contributed by atoms with van der Waals surface area (Å²) in [5.41, 5.74) is 1.29. The van der Waals surface area contributed by atoms with E-state index in [1.54, 1.807) is 0 Å². The fraction of sp³-hybridized carbons (Fsp3) is 0.588. The molecule has 1 atom stereocenters. The molecule has 1 saturated carbocycles. The summed E-state index contributed by atoms with van der Waals surface area (Å²) < 4.78 is 0. The molecule has 118 valence electrons. The van der Waals surface area contributed by atoms with Gasteiger partial charge in [0.25, 0.3) is 0 Å². The van der Waals surface area contributed by atoms with Crippen molar-refractivity contribution in [3.63, 3.8) is 0 Å². The summed E-state index contributed by atoms with van der Waals surface area (Å²) in [7, 11) is 0. The molecule has 0 saturated heterocycles. The number of halogens is 1. The van der Waals surface area contributed by atoms with Gasteiger partial charge >= 0.3 is 0 Å². The van der Waals surface area contributed by atoms with Gasteiger partial charge in [-0.25, -0.2) is 0 Å². The van der Waals surface area contributed by atoms with Gasteiger partial charge in [0.1, 0.15) is 0 Å². The summed E-state index contributed by atoms with van der Waals surface area (Å²) in [6, 6.07) is 10.6. The Morgan fingerprint density at radius 3 is 2.62 bits per heavy atom. The van der Waals surface area contributed by atoms with E-state index in [-0.39, 0.29) is 24.4 Å². The molecule has 0 aliphatic heterocycles. The van der Waals surface area contributed by atoms with E-state index in [4.69, 9.17) is 0 Å². The van der Waals surface area contributed by atoms with Crippen LogP contribution in [0.5, 0.6) is 0 Å². The minimum absolute atomic E-state index is 0. The summed E-state index contributed by atoms with van der Waals surface area (Å²) >= 11 is 0. The largest absolute Gasteiger partial charge is 0.352 e. The highest BCUT2D eigenvalue weighted by Crippen LogP contribution is 2.27. The number of rotatable bonds is 9. The SMILES string of the molecule is CCCC(Cc1ccccc1)NC(=O)CNCC1CC1.Cl. The first-order valence-electron chi connectivity index (χ1n) is 7.82. The summed E-state index contributed by atoms with van der Waals surface area (Å²) in [6.07, 6.45) is 5.68. The molecular formula is C17H27ClN2O. The topological polar surface area (TPSA) is 41.1 Å². The van der Waals surface area contributed by atoms with Crippen LogP contribution >= 0.6 is 12.4 Å². The Bertz CT molecular complexity index is 407. The molecule has 1 amide bonds. The van der Waals surface area contributed by atoms with E-state index < -0.39 is 0 Å². The molecule has 0 spiro atoms. The number of hydrogen-bond donors (Lipinski definition) is 2. The predicted octanol–water partition coefficient (Wildman–Crippen LogP) is 2.94. The van der Waals surface area contributed by atoms with Crippen LogP contribution in [0, 0.1) is 5.92 Å². The lowest BCUT2D eigenvalue weighted by molar-refractivity contribution is -0.121. The number of nitrogens with one attached hydrogen (secondary N) is 2. The maximum absolute atomic E-state index is 11.9. The van der Waals surface area contributed by atoms with E-state index in [1.165, 1.54) is 18.4 Å². The monoisotopic (exact) mass is 310 g/mol. The van der Waals surface area contributed by atoms with Crippen LogP contribution in [0.1, 0.15) is 38.2 Å². The highest BCUT2D eigenvalue weighted by Gasteiger charge is 2.20. The van der Waals surface area contributed by atoms with E-state index >= 15 is 0 Å². The molecular weight excluding hydrogens is 284 g/mol. The molecule has 3 nitrogen and oxygen atoms in total. The first-order chi connectivity index (χ1) is 9.78. The zero-order chi connectivity index (χ0) is 14.2. The number of carbonyl (C=O) groups excluding carboxylic acids is 1. The predicted molar refractivity (Wildman–Crippen MR) is 89.8 cm³/mol. The van der Waals surface area contributed by atoms with E-state index in [1.807, 2.05) is 6.07 Å². The first kappa shape index (κ1) is 18.0. The molecule has 2 N–H and O–H groups in total. The quantitative estimate of drug-likeness (QED) is 0.736. The summed E-state index contributed by atoms with van der Waals surface area (Å²) in [5, 5.41) is 6.41. The molecule has 0 heterocycles. The molecule has 21 heavy (non-hydrogen) atoms. The van der Waals surface area contributed by atoms with Gasteiger partial charge in [-0.2, -0.15) is 0 Å². The van der Waals surface area contributed by atoms with Gasteiger partial charge in [-0.15, -0.1) is 12.4 Å². The van der Waals surface area contributed by atoms with Crippen molar-refractivity contribution in [2.24, 2.45) is 5.92 Å². The van der Waals surface area contributed by atoms with Crippen molar-refractivity contribution >= 4 is 18.3 Å². The highest BCUT2D eigenvalue weighted by molar-refractivity contribution is 5.85. The van der Waals surface area contributed by atoms with Crippen LogP contribution in [0.2, 0.25) is 0 Å². The molecule has 1 aromatic rings. The van der Waals surface area contributed by atoms with Crippen molar-refractivity contribution in [3.05, 3.63) is 35.9 Å². The minimum Gasteiger partial charge on any atom is -0.352 e. The lowest BCUT2D eigenvalue weighted by atomic mass is 10.0. The van der Waals surface area contributed by atoms with Gasteiger partial charge in [-0.1, -0.05) is 43.7 Å². The Hall–Kier alpha value is -1.06. The molecule has 1 unspecified atom stereocenters.